The lowest BCUT2D eigenvalue weighted by Crippen LogP contribution is -2.26. The molecule has 2 aromatic heterocycles. The van der Waals surface area contributed by atoms with Gasteiger partial charge in [-0.05, 0) is 54.6 Å². The minimum Gasteiger partial charge on any atom is -0.497 e. The molecule has 0 radical (unpaired) electrons. The quantitative estimate of drug-likeness (QED) is 0.373. The van der Waals surface area contributed by atoms with E-state index in [-0.39, 0.29) is 24.2 Å². The van der Waals surface area contributed by atoms with Crippen molar-refractivity contribution in [3.8, 4) is 22.8 Å². The standard InChI is InChI=1S/C26H21FN4O4/c1-34-18-6-7-20-15(10-18)11-21(30-20)24(32)28-9-8-17-12-19-23(35-13-26(19)25(33)31-26)22(29-17)14-2-4-16(27)5-3-14/h2-7,10-12,30H,8-9,13H2,1H3,(H,28,32)(H,31,33)/t26-/m1/s1. The summed E-state index contributed by atoms with van der Waals surface area (Å²) in [7, 11) is 1.60. The van der Waals surface area contributed by atoms with Crippen molar-refractivity contribution in [1.82, 2.24) is 20.6 Å². The molecule has 1 fully saturated rings. The highest BCUT2D eigenvalue weighted by Gasteiger charge is 2.61. The Bertz CT molecular complexity index is 1500. The van der Waals surface area contributed by atoms with Gasteiger partial charge >= 0.3 is 0 Å². The summed E-state index contributed by atoms with van der Waals surface area (Å²) in [5, 5.41) is 6.65. The Morgan fingerprint density at radius 1 is 1.20 bits per heavy atom. The van der Waals surface area contributed by atoms with Gasteiger partial charge in [0, 0.05) is 40.7 Å². The minimum atomic E-state index is -0.837. The van der Waals surface area contributed by atoms with Gasteiger partial charge in [-0.1, -0.05) is 0 Å². The number of benzene rings is 2. The Hall–Kier alpha value is -4.40. The van der Waals surface area contributed by atoms with Gasteiger partial charge in [-0.15, -0.1) is 0 Å². The van der Waals surface area contributed by atoms with Crippen LogP contribution in [0.3, 0.4) is 0 Å². The zero-order valence-electron chi connectivity index (χ0n) is 18.8. The van der Waals surface area contributed by atoms with Crippen molar-refractivity contribution in [3.05, 3.63) is 77.4 Å². The maximum absolute atomic E-state index is 13.5. The van der Waals surface area contributed by atoms with Gasteiger partial charge in [0.2, 0.25) is 0 Å². The smallest absolute Gasteiger partial charge is 0.267 e. The first-order valence-corrected chi connectivity index (χ1v) is 11.2. The number of carbonyl (C=O) groups is 2. The summed E-state index contributed by atoms with van der Waals surface area (Å²) in [4.78, 5) is 32.7. The highest BCUT2D eigenvalue weighted by Crippen LogP contribution is 2.48. The number of nitrogens with one attached hydrogen (secondary N) is 3. The third-order valence-electron chi connectivity index (χ3n) is 6.43. The topological polar surface area (TPSA) is 115 Å². The number of hydrogen-bond donors (Lipinski definition) is 3. The molecular formula is C26H21FN4O4. The lowest BCUT2D eigenvalue weighted by molar-refractivity contribution is -0.112. The number of aromatic nitrogens is 2. The molecule has 1 atom stereocenters. The number of hydrogen-bond acceptors (Lipinski definition) is 5. The molecule has 35 heavy (non-hydrogen) atoms. The van der Waals surface area contributed by atoms with E-state index in [4.69, 9.17) is 14.5 Å². The van der Waals surface area contributed by atoms with Gasteiger partial charge in [-0.25, -0.2) is 9.37 Å². The Morgan fingerprint density at radius 2 is 2.00 bits per heavy atom. The summed E-state index contributed by atoms with van der Waals surface area (Å²) in [5.41, 5.74) is 3.10. The second-order valence-electron chi connectivity index (χ2n) is 8.64. The fourth-order valence-electron chi connectivity index (χ4n) is 4.45. The van der Waals surface area contributed by atoms with E-state index in [0.717, 1.165) is 16.5 Å². The number of amides is 2. The normalized spacial score (nSPS) is 17.7. The van der Waals surface area contributed by atoms with Crippen molar-refractivity contribution in [1.29, 1.82) is 0 Å². The SMILES string of the molecule is COc1ccc2[nH]c(C(=O)NCCc3cc4c(c(-c5ccc(F)cc5)n3)OC[C@@]43NC3=O)cc2c1. The number of pyridine rings is 1. The van der Waals surface area contributed by atoms with Crippen molar-refractivity contribution < 1.29 is 23.5 Å². The van der Waals surface area contributed by atoms with Crippen LogP contribution in [0.25, 0.3) is 22.2 Å². The molecule has 4 heterocycles. The fraction of sp³-hybridized carbons (Fsp3) is 0.192. The molecule has 1 saturated heterocycles. The Balaban J connectivity index is 1.23. The first-order chi connectivity index (χ1) is 17.0. The molecule has 2 aromatic carbocycles. The summed E-state index contributed by atoms with van der Waals surface area (Å²) in [6.07, 6.45) is 0.436. The summed E-state index contributed by atoms with van der Waals surface area (Å²) in [6, 6.07) is 15.1. The molecule has 8 nitrogen and oxygen atoms in total. The van der Waals surface area contributed by atoms with E-state index in [1.54, 1.807) is 25.3 Å². The van der Waals surface area contributed by atoms with Crippen LogP contribution in [0.2, 0.25) is 0 Å². The maximum Gasteiger partial charge on any atom is 0.267 e. The summed E-state index contributed by atoms with van der Waals surface area (Å²) in [5.74, 6) is 0.557. The number of H-pyrrole nitrogens is 1. The van der Waals surface area contributed by atoms with Crippen molar-refractivity contribution in [2.75, 3.05) is 20.3 Å². The largest absolute Gasteiger partial charge is 0.497 e. The van der Waals surface area contributed by atoms with E-state index in [0.29, 0.717) is 47.1 Å². The van der Waals surface area contributed by atoms with E-state index in [1.165, 1.54) is 12.1 Å². The number of aromatic amines is 1. The second kappa shape index (κ2) is 7.83. The van der Waals surface area contributed by atoms with Crippen LogP contribution in [0.5, 0.6) is 11.5 Å². The number of methoxy groups -OCH3 is 1. The molecule has 9 heteroatoms. The Kier molecular flexibility index (Phi) is 4.73. The van der Waals surface area contributed by atoms with E-state index in [2.05, 4.69) is 15.6 Å². The molecule has 0 bridgehead atoms. The number of halogens is 1. The molecule has 0 unspecified atom stereocenters. The fourth-order valence-corrected chi connectivity index (χ4v) is 4.45. The van der Waals surface area contributed by atoms with Crippen LogP contribution < -0.4 is 20.1 Å². The van der Waals surface area contributed by atoms with Crippen molar-refractivity contribution in [2.45, 2.75) is 12.0 Å². The highest BCUT2D eigenvalue weighted by molar-refractivity contribution is 6.05. The van der Waals surface area contributed by atoms with Crippen LogP contribution in [0.4, 0.5) is 4.39 Å². The third-order valence-corrected chi connectivity index (χ3v) is 6.43. The van der Waals surface area contributed by atoms with Gasteiger partial charge < -0.3 is 25.1 Å². The molecule has 4 aromatic rings. The lowest BCUT2D eigenvalue weighted by atomic mass is 9.97. The van der Waals surface area contributed by atoms with Crippen molar-refractivity contribution >= 4 is 22.7 Å². The molecule has 0 aliphatic carbocycles. The number of ether oxygens (including phenoxy) is 2. The van der Waals surface area contributed by atoms with Crippen LogP contribution in [-0.2, 0) is 16.8 Å². The predicted octanol–water partition coefficient (Wildman–Crippen LogP) is 3.07. The van der Waals surface area contributed by atoms with E-state index in [9.17, 15) is 14.0 Å². The van der Waals surface area contributed by atoms with Gasteiger partial charge in [-0.2, -0.15) is 0 Å². The third kappa shape index (κ3) is 3.56. The average Bonchev–Trinajstić information content (AvgIpc) is 3.18. The molecular weight excluding hydrogens is 451 g/mol. The predicted molar refractivity (Wildman–Crippen MR) is 126 cm³/mol. The van der Waals surface area contributed by atoms with Gasteiger partial charge in [0.15, 0.2) is 11.3 Å². The van der Waals surface area contributed by atoms with Crippen LogP contribution in [0, 0.1) is 5.82 Å². The Labute approximate surface area is 199 Å². The summed E-state index contributed by atoms with van der Waals surface area (Å²) < 4.78 is 24.6. The molecule has 6 rings (SSSR count). The van der Waals surface area contributed by atoms with Crippen molar-refractivity contribution in [3.63, 3.8) is 0 Å². The van der Waals surface area contributed by atoms with E-state index in [1.807, 2.05) is 24.3 Å². The van der Waals surface area contributed by atoms with Gasteiger partial charge in [0.25, 0.3) is 11.8 Å². The summed E-state index contributed by atoms with van der Waals surface area (Å²) >= 11 is 0. The molecule has 2 aliphatic rings. The molecule has 0 saturated carbocycles. The minimum absolute atomic E-state index is 0.0952. The van der Waals surface area contributed by atoms with Crippen LogP contribution >= 0.6 is 0 Å². The molecule has 176 valence electrons. The van der Waals surface area contributed by atoms with Gasteiger partial charge in [0.1, 0.15) is 29.6 Å². The maximum atomic E-state index is 13.5. The van der Waals surface area contributed by atoms with Crippen LogP contribution in [0.1, 0.15) is 21.7 Å². The van der Waals surface area contributed by atoms with Crippen LogP contribution in [0.15, 0.2) is 54.6 Å². The highest BCUT2D eigenvalue weighted by atomic mass is 19.1. The number of nitrogens with zero attached hydrogens (tertiary/aromatic N) is 1. The first kappa shape index (κ1) is 21.2. The zero-order chi connectivity index (χ0) is 24.2. The van der Waals surface area contributed by atoms with Gasteiger partial charge in [0.05, 0.1) is 7.11 Å². The Morgan fingerprint density at radius 3 is 2.74 bits per heavy atom. The zero-order valence-corrected chi connectivity index (χ0v) is 18.8. The number of carbonyl (C=O) groups excluding carboxylic acids is 2. The van der Waals surface area contributed by atoms with Crippen LogP contribution in [-0.4, -0.2) is 42.0 Å². The number of rotatable bonds is 6. The van der Waals surface area contributed by atoms with E-state index >= 15 is 0 Å². The molecule has 3 N–H and O–H groups in total. The second-order valence-corrected chi connectivity index (χ2v) is 8.64. The molecule has 1 spiro atoms. The van der Waals surface area contributed by atoms with Gasteiger partial charge in [-0.3, -0.25) is 9.59 Å². The van der Waals surface area contributed by atoms with Crippen molar-refractivity contribution in [2.24, 2.45) is 0 Å². The molecule has 2 amide bonds. The average molecular weight is 472 g/mol. The lowest BCUT2D eigenvalue weighted by Gasteiger charge is -2.11. The summed E-state index contributed by atoms with van der Waals surface area (Å²) in [6.45, 7) is 0.532. The molecule has 2 aliphatic heterocycles. The number of fused-ring (bicyclic) bond motifs is 3. The first-order valence-electron chi connectivity index (χ1n) is 11.2. The monoisotopic (exact) mass is 472 g/mol. The van der Waals surface area contributed by atoms with E-state index < -0.39 is 5.54 Å².